The van der Waals surface area contributed by atoms with Gasteiger partial charge in [-0.2, -0.15) is 0 Å². The summed E-state index contributed by atoms with van der Waals surface area (Å²) in [6.07, 6.45) is 6.09. The van der Waals surface area contributed by atoms with Crippen LogP contribution >= 0.6 is 0 Å². The molecule has 2 aromatic rings. The number of rotatable bonds is 11. The molecule has 42 heavy (non-hydrogen) atoms. The Morgan fingerprint density at radius 1 is 1.17 bits per heavy atom. The average molecular weight is 577 g/mol. The van der Waals surface area contributed by atoms with Gasteiger partial charge in [0.15, 0.2) is 11.5 Å². The van der Waals surface area contributed by atoms with Gasteiger partial charge in [0.1, 0.15) is 18.5 Å². The lowest BCUT2D eigenvalue weighted by Crippen LogP contribution is -2.55. The summed E-state index contributed by atoms with van der Waals surface area (Å²) in [6, 6.07) is 10.3. The van der Waals surface area contributed by atoms with E-state index in [1.54, 1.807) is 23.1 Å². The van der Waals surface area contributed by atoms with Crippen LogP contribution in [0.3, 0.4) is 0 Å². The molecule has 1 saturated carbocycles. The fourth-order valence-corrected chi connectivity index (χ4v) is 6.58. The Morgan fingerprint density at radius 3 is 2.57 bits per heavy atom. The number of aliphatic hydroxyl groups is 2. The first kappa shape index (κ1) is 29.8. The van der Waals surface area contributed by atoms with Gasteiger partial charge in [0.25, 0.3) is 0 Å². The first-order valence-corrected chi connectivity index (χ1v) is 14.8. The molecular formula is C33H40N2O7. The van der Waals surface area contributed by atoms with Crippen LogP contribution in [0.15, 0.2) is 48.0 Å². The number of hydrogen-bond acceptors (Lipinski definition) is 7. The monoisotopic (exact) mass is 576 g/mol. The van der Waals surface area contributed by atoms with Crippen molar-refractivity contribution in [1.82, 2.24) is 10.2 Å². The van der Waals surface area contributed by atoms with E-state index in [4.69, 9.17) is 9.47 Å². The molecule has 4 atom stereocenters. The van der Waals surface area contributed by atoms with Crippen LogP contribution in [-0.2, 0) is 16.1 Å². The minimum Gasteiger partial charge on any atom is -0.493 e. The number of aryl methyl sites for hydroxylation is 1. The molecule has 0 bridgehead atoms. The average Bonchev–Trinajstić information content (AvgIpc) is 3.67. The normalized spacial score (nSPS) is 22.9. The fourth-order valence-electron chi connectivity index (χ4n) is 6.58. The van der Waals surface area contributed by atoms with Crippen LogP contribution in [0, 0.1) is 12.8 Å². The van der Waals surface area contributed by atoms with Gasteiger partial charge in [-0.1, -0.05) is 55.5 Å². The van der Waals surface area contributed by atoms with Crippen LogP contribution in [0.5, 0.6) is 11.5 Å². The van der Waals surface area contributed by atoms with Crippen LogP contribution < -0.4 is 14.8 Å². The standard InChI is InChI=1S/C33H40N2O7/c1-20-7-9-22(10-8-20)18-35(28(38)12-11-21-5-3-4-6-21)26-17-25(33(40)34-13-14-36)29-24-15-23(19-37)16-27(41-2)31(24)42-32(29)30(26)39/h7-10,15-17,19,21,26,29-30,32,36,39H,3-6,11-14,18H2,1-2H3,(H,34,40). The van der Waals surface area contributed by atoms with Gasteiger partial charge < -0.3 is 29.9 Å². The summed E-state index contributed by atoms with van der Waals surface area (Å²) in [5, 5.41) is 24.0. The molecule has 9 heteroatoms. The van der Waals surface area contributed by atoms with Crippen molar-refractivity contribution >= 4 is 18.1 Å². The van der Waals surface area contributed by atoms with E-state index in [2.05, 4.69) is 5.32 Å². The summed E-state index contributed by atoms with van der Waals surface area (Å²) in [4.78, 5) is 40.8. The predicted molar refractivity (Wildman–Crippen MR) is 156 cm³/mol. The molecule has 3 aliphatic rings. The number of ether oxygens (including phenoxy) is 2. The van der Waals surface area contributed by atoms with Crippen LogP contribution in [-0.4, -0.2) is 71.7 Å². The molecule has 224 valence electrons. The number of nitrogens with one attached hydrogen (secondary N) is 1. The minimum absolute atomic E-state index is 0.0413. The highest BCUT2D eigenvalue weighted by Crippen LogP contribution is 2.51. The summed E-state index contributed by atoms with van der Waals surface area (Å²) in [5.41, 5.74) is 3.23. The Hall–Kier alpha value is -3.69. The Labute approximate surface area is 246 Å². The van der Waals surface area contributed by atoms with E-state index >= 15 is 0 Å². The van der Waals surface area contributed by atoms with Crippen molar-refractivity contribution in [2.45, 2.75) is 76.2 Å². The van der Waals surface area contributed by atoms with E-state index in [0.717, 1.165) is 30.4 Å². The van der Waals surface area contributed by atoms with Gasteiger partial charge in [-0.3, -0.25) is 14.4 Å². The number of benzene rings is 2. The number of fused-ring (bicyclic) bond motifs is 3. The third kappa shape index (κ3) is 6.08. The van der Waals surface area contributed by atoms with Gasteiger partial charge in [-0.15, -0.1) is 0 Å². The molecular weight excluding hydrogens is 536 g/mol. The van der Waals surface area contributed by atoms with Crippen molar-refractivity contribution in [3.05, 3.63) is 70.3 Å². The highest BCUT2D eigenvalue weighted by atomic mass is 16.5. The third-order valence-electron chi connectivity index (χ3n) is 8.81. The molecule has 0 saturated heterocycles. The zero-order chi connectivity index (χ0) is 29.8. The van der Waals surface area contributed by atoms with E-state index in [1.807, 2.05) is 31.2 Å². The zero-order valence-electron chi connectivity index (χ0n) is 24.3. The summed E-state index contributed by atoms with van der Waals surface area (Å²) in [5.74, 6) is -0.0144. The molecule has 2 aromatic carbocycles. The molecule has 2 aliphatic carbocycles. The number of methoxy groups -OCH3 is 1. The van der Waals surface area contributed by atoms with Crippen LogP contribution in [0.25, 0.3) is 0 Å². The largest absolute Gasteiger partial charge is 0.493 e. The maximum absolute atomic E-state index is 13.9. The van der Waals surface area contributed by atoms with Gasteiger partial charge in [-0.25, -0.2) is 0 Å². The molecule has 0 radical (unpaired) electrons. The first-order chi connectivity index (χ1) is 20.3. The second-order valence-corrected chi connectivity index (χ2v) is 11.6. The maximum Gasteiger partial charge on any atom is 0.247 e. The molecule has 0 spiro atoms. The van der Waals surface area contributed by atoms with Gasteiger partial charge in [-0.05, 0) is 43.0 Å². The van der Waals surface area contributed by atoms with Crippen LogP contribution in [0.4, 0.5) is 0 Å². The van der Waals surface area contributed by atoms with E-state index in [9.17, 15) is 24.6 Å². The summed E-state index contributed by atoms with van der Waals surface area (Å²) in [6.45, 7) is 2.06. The van der Waals surface area contributed by atoms with E-state index in [1.165, 1.54) is 20.0 Å². The van der Waals surface area contributed by atoms with Gasteiger partial charge in [0, 0.05) is 36.2 Å². The van der Waals surface area contributed by atoms with Crippen molar-refractivity contribution in [3.63, 3.8) is 0 Å². The number of hydrogen-bond donors (Lipinski definition) is 3. The molecule has 3 N–H and O–H groups in total. The minimum atomic E-state index is -1.16. The number of aliphatic hydroxyl groups excluding tert-OH is 2. The number of aldehydes is 1. The summed E-state index contributed by atoms with van der Waals surface area (Å²) >= 11 is 0. The van der Waals surface area contributed by atoms with Crippen molar-refractivity contribution < 1.29 is 34.1 Å². The molecule has 0 aromatic heterocycles. The highest BCUT2D eigenvalue weighted by molar-refractivity contribution is 5.96. The third-order valence-corrected chi connectivity index (χ3v) is 8.81. The topological polar surface area (TPSA) is 125 Å². The number of nitrogens with zero attached hydrogens (tertiary/aromatic N) is 1. The molecule has 5 rings (SSSR count). The summed E-state index contributed by atoms with van der Waals surface area (Å²) < 4.78 is 11.8. The molecule has 9 nitrogen and oxygen atoms in total. The van der Waals surface area contributed by atoms with Crippen molar-refractivity contribution in [2.75, 3.05) is 20.3 Å². The number of carbonyl (C=O) groups is 3. The van der Waals surface area contributed by atoms with Gasteiger partial charge >= 0.3 is 0 Å². The Morgan fingerprint density at radius 2 is 1.90 bits per heavy atom. The Balaban J connectivity index is 1.54. The molecule has 4 unspecified atom stereocenters. The lowest BCUT2D eigenvalue weighted by atomic mass is 9.77. The fraction of sp³-hybridized carbons (Fsp3) is 0.485. The maximum atomic E-state index is 13.9. The predicted octanol–water partition coefficient (Wildman–Crippen LogP) is 3.44. The van der Waals surface area contributed by atoms with Crippen molar-refractivity contribution in [1.29, 1.82) is 0 Å². The van der Waals surface area contributed by atoms with Crippen molar-refractivity contribution in [2.24, 2.45) is 5.92 Å². The smallest absolute Gasteiger partial charge is 0.247 e. The van der Waals surface area contributed by atoms with Crippen LogP contribution in [0.2, 0.25) is 0 Å². The number of amides is 2. The lowest BCUT2D eigenvalue weighted by Gasteiger charge is -2.41. The van der Waals surface area contributed by atoms with E-state index in [-0.39, 0.29) is 25.6 Å². The second kappa shape index (κ2) is 13.1. The quantitative estimate of drug-likeness (QED) is 0.350. The number of carbonyl (C=O) groups excluding carboxylic acids is 3. The van der Waals surface area contributed by atoms with E-state index in [0.29, 0.717) is 46.8 Å². The van der Waals surface area contributed by atoms with Crippen LogP contribution in [0.1, 0.15) is 71.5 Å². The Kier molecular flexibility index (Phi) is 9.28. The SMILES string of the molecule is COc1cc(C=O)cc2c1OC1C2C(C(=O)NCCO)=CC(N(Cc2ccc(C)cc2)C(=O)CCC2CCCC2)C1O. The second-order valence-electron chi connectivity index (χ2n) is 11.6. The zero-order valence-corrected chi connectivity index (χ0v) is 24.3. The Bertz CT molecular complexity index is 1330. The molecule has 1 fully saturated rings. The first-order valence-electron chi connectivity index (χ1n) is 14.8. The highest BCUT2D eigenvalue weighted by Gasteiger charge is 2.51. The lowest BCUT2D eigenvalue weighted by molar-refractivity contribution is -0.138. The van der Waals surface area contributed by atoms with Gasteiger partial charge in [0.05, 0.1) is 25.7 Å². The molecule has 2 amide bonds. The summed E-state index contributed by atoms with van der Waals surface area (Å²) in [7, 11) is 1.46. The van der Waals surface area contributed by atoms with E-state index < -0.39 is 30.1 Å². The van der Waals surface area contributed by atoms with Crippen molar-refractivity contribution in [3.8, 4) is 11.5 Å². The van der Waals surface area contributed by atoms with Gasteiger partial charge in [0.2, 0.25) is 11.8 Å². The molecule has 1 aliphatic heterocycles. The molecule has 1 heterocycles.